The van der Waals surface area contributed by atoms with Crippen LogP contribution in [0.1, 0.15) is 18.4 Å². The molecule has 19 heavy (non-hydrogen) atoms. The van der Waals surface area contributed by atoms with Crippen molar-refractivity contribution in [2.75, 3.05) is 19.8 Å². The van der Waals surface area contributed by atoms with E-state index in [2.05, 4.69) is 4.72 Å². The molecular formula is C13H19NO4S. The minimum absolute atomic E-state index is 0.281. The summed E-state index contributed by atoms with van der Waals surface area (Å²) in [5.41, 5.74) is 1.03. The van der Waals surface area contributed by atoms with Gasteiger partial charge in [0.15, 0.2) is 6.29 Å². The van der Waals surface area contributed by atoms with Gasteiger partial charge in [0.25, 0.3) is 0 Å². The molecule has 0 bridgehead atoms. The summed E-state index contributed by atoms with van der Waals surface area (Å²) in [5, 5.41) is 0. The molecule has 0 aromatic heterocycles. The number of hydrogen-bond donors (Lipinski definition) is 1. The number of aryl methyl sites for hydroxylation is 1. The SMILES string of the molecule is Cc1ccc(S(=O)(=O)NCCC2OCCCO2)cc1. The van der Waals surface area contributed by atoms with E-state index in [0.717, 1.165) is 12.0 Å². The molecule has 0 atom stereocenters. The molecule has 1 fully saturated rings. The zero-order valence-corrected chi connectivity index (χ0v) is 11.8. The van der Waals surface area contributed by atoms with E-state index >= 15 is 0 Å². The Morgan fingerprint density at radius 1 is 1.21 bits per heavy atom. The summed E-state index contributed by atoms with van der Waals surface area (Å²) in [6, 6.07) is 6.76. The van der Waals surface area contributed by atoms with Gasteiger partial charge in [-0.05, 0) is 25.5 Å². The fourth-order valence-corrected chi connectivity index (χ4v) is 2.86. The predicted octanol–water partition coefficient (Wildman–Crippen LogP) is 1.43. The zero-order valence-electron chi connectivity index (χ0n) is 11.0. The Kier molecular flexibility index (Phi) is 4.93. The molecule has 0 saturated carbocycles. The normalized spacial score (nSPS) is 17.5. The molecule has 1 heterocycles. The Hall–Kier alpha value is -0.950. The molecule has 1 saturated heterocycles. The summed E-state index contributed by atoms with van der Waals surface area (Å²) >= 11 is 0. The van der Waals surface area contributed by atoms with Gasteiger partial charge in [0.05, 0.1) is 18.1 Å². The smallest absolute Gasteiger partial charge is 0.240 e. The second-order valence-electron chi connectivity index (χ2n) is 4.52. The van der Waals surface area contributed by atoms with Crippen molar-refractivity contribution >= 4 is 10.0 Å². The Morgan fingerprint density at radius 2 is 1.84 bits per heavy atom. The minimum atomic E-state index is -3.44. The van der Waals surface area contributed by atoms with Crippen molar-refractivity contribution in [1.29, 1.82) is 0 Å². The number of rotatable bonds is 5. The average Bonchev–Trinajstić information content (AvgIpc) is 2.40. The van der Waals surface area contributed by atoms with Crippen molar-refractivity contribution in [1.82, 2.24) is 4.72 Å². The monoisotopic (exact) mass is 285 g/mol. The van der Waals surface area contributed by atoms with Gasteiger partial charge in [-0.2, -0.15) is 0 Å². The Morgan fingerprint density at radius 3 is 2.47 bits per heavy atom. The fourth-order valence-electron chi connectivity index (χ4n) is 1.82. The molecule has 1 N–H and O–H groups in total. The van der Waals surface area contributed by atoms with Crippen LogP contribution in [0.3, 0.4) is 0 Å². The predicted molar refractivity (Wildman–Crippen MR) is 71.3 cm³/mol. The van der Waals surface area contributed by atoms with E-state index in [-0.39, 0.29) is 11.2 Å². The number of nitrogens with one attached hydrogen (secondary N) is 1. The van der Waals surface area contributed by atoms with Crippen LogP contribution in [0.4, 0.5) is 0 Å². The third-order valence-corrected chi connectivity index (χ3v) is 4.38. The second-order valence-corrected chi connectivity index (χ2v) is 6.29. The summed E-state index contributed by atoms with van der Waals surface area (Å²) < 4.78 is 37.3. The number of hydrogen-bond acceptors (Lipinski definition) is 4. The van der Waals surface area contributed by atoms with Crippen LogP contribution in [-0.4, -0.2) is 34.5 Å². The van der Waals surface area contributed by atoms with E-state index < -0.39 is 10.0 Å². The second kappa shape index (κ2) is 6.47. The zero-order chi connectivity index (χ0) is 13.7. The van der Waals surface area contributed by atoms with Crippen LogP contribution in [-0.2, 0) is 19.5 Å². The highest BCUT2D eigenvalue weighted by Crippen LogP contribution is 2.11. The average molecular weight is 285 g/mol. The quantitative estimate of drug-likeness (QED) is 0.889. The van der Waals surface area contributed by atoms with Crippen LogP contribution in [0.5, 0.6) is 0 Å². The molecule has 0 radical (unpaired) electrons. The lowest BCUT2D eigenvalue weighted by Crippen LogP contribution is -2.31. The van der Waals surface area contributed by atoms with Crippen molar-refractivity contribution < 1.29 is 17.9 Å². The lowest BCUT2D eigenvalue weighted by Gasteiger charge is -2.23. The minimum Gasteiger partial charge on any atom is -0.353 e. The first-order chi connectivity index (χ1) is 9.08. The van der Waals surface area contributed by atoms with E-state index in [1.54, 1.807) is 24.3 Å². The van der Waals surface area contributed by atoms with Crippen LogP contribution >= 0.6 is 0 Å². The molecule has 5 nitrogen and oxygen atoms in total. The maximum absolute atomic E-state index is 12.0. The van der Waals surface area contributed by atoms with Crippen LogP contribution in [0, 0.1) is 6.92 Å². The van der Waals surface area contributed by atoms with Crippen LogP contribution in [0.2, 0.25) is 0 Å². The van der Waals surface area contributed by atoms with E-state index in [1.165, 1.54) is 0 Å². The van der Waals surface area contributed by atoms with Crippen molar-refractivity contribution in [3.8, 4) is 0 Å². The van der Waals surface area contributed by atoms with Gasteiger partial charge in [0.1, 0.15) is 0 Å². The van der Waals surface area contributed by atoms with E-state index in [1.807, 2.05) is 6.92 Å². The molecule has 6 heteroatoms. The van der Waals surface area contributed by atoms with Gasteiger partial charge >= 0.3 is 0 Å². The maximum Gasteiger partial charge on any atom is 0.240 e. The highest BCUT2D eigenvalue weighted by molar-refractivity contribution is 7.89. The van der Waals surface area contributed by atoms with Gasteiger partial charge in [-0.3, -0.25) is 0 Å². The molecule has 1 aliphatic rings. The molecule has 0 unspecified atom stereocenters. The van der Waals surface area contributed by atoms with Gasteiger partial charge in [0.2, 0.25) is 10.0 Å². The third-order valence-electron chi connectivity index (χ3n) is 2.90. The van der Waals surface area contributed by atoms with E-state index in [4.69, 9.17) is 9.47 Å². The Labute approximate surface area is 114 Å². The van der Waals surface area contributed by atoms with Crippen molar-refractivity contribution in [2.45, 2.75) is 31.0 Å². The molecule has 2 rings (SSSR count). The lowest BCUT2D eigenvalue weighted by molar-refractivity contribution is -0.180. The summed E-state index contributed by atoms with van der Waals surface area (Å²) in [6.45, 7) is 3.58. The fraction of sp³-hybridized carbons (Fsp3) is 0.538. The lowest BCUT2D eigenvalue weighted by atomic mass is 10.2. The first kappa shape index (κ1) is 14.5. The molecular weight excluding hydrogens is 266 g/mol. The summed E-state index contributed by atoms with van der Waals surface area (Å²) in [5.74, 6) is 0. The standard InChI is InChI=1S/C13H19NO4S/c1-11-3-5-12(6-4-11)19(15,16)14-8-7-13-17-9-2-10-18-13/h3-6,13-14H,2,7-10H2,1H3. The first-order valence-electron chi connectivity index (χ1n) is 6.37. The highest BCUT2D eigenvalue weighted by atomic mass is 32.2. The van der Waals surface area contributed by atoms with Crippen LogP contribution < -0.4 is 4.72 Å². The van der Waals surface area contributed by atoms with Crippen molar-refractivity contribution in [3.05, 3.63) is 29.8 Å². The summed E-state index contributed by atoms with van der Waals surface area (Å²) in [7, 11) is -3.44. The first-order valence-corrected chi connectivity index (χ1v) is 7.86. The van der Waals surface area contributed by atoms with Crippen LogP contribution in [0.25, 0.3) is 0 Å². The van der Waals surface area contributed by atoms with Crippen molar-refractivity contribution in [2.24, 2.45) is 0 Å². The maximum atomic E-state index is 12.0. The Balaban J connectivity index is 1.85. The molecule has 0 amide bonds. The van der Waals surface area contributed by atoms with E-state index in [9.17, 15) is 8.42 Å². The molecule has 1 aromatic rings. The Bertz CT molecular complexity index is 492. The van der Waals surface area contributed by atoms with Gasteiger partial charge in [-0.25, -0.2) is 13.1 Å². The van der Waals surface area contributed by atoms with Gasteiger partial charge in [0, 0.05) is 13.0 Å². The summed E-state index contributed by atoms with van der Waals surface area (Å²) in [4.78, 5) is 0.281. The van der Waals surface area contributed by atoms with Gasteiger partial charge < -0.3 is 9.47 Å². The summed E-state index contributed by atoms with van der Waals surface area (Å²) in [6.07, 6.45) is 1.12. The number of sulfonamides is 1. The molecule has 1 aromatic carbocycles. The highest BCUT2D eigenvalue weighted by Gasteiger charge is 2.17. The van der Waals surface area contributed by atoms with Crippen molar-refractivity contribution in [3.63, 3.8) is 0 Å². The molecule has 0 aliphatic carbocycles. The van der Waals surface area contributed by atoms with Gasteiger partial charge in [-0.15, -0.1) is 0 Å². The topological polar surface area (TPSA) is 64.6 Å². The molecule has 106 valence electrons. The molecule has 1 aliphatic heterocycles. The largest absolute Gasteiger partial charge is 0.353 e. The van der Waals surface area contributed by atoms with Crippen LogP contribution in [0.15, 0.2) is 29.2 Å². The number of ether oxygens (including phenoxy) is 2. The van der Waals surface area contributed by atoms with Gasteiger partial charge in [-0.1, -0.05) is 17.7 Å². The van der Waals surface area contributed by atoms with E-state index in [0.29, 0.717) is 26.2 Å². The number of benzene rings is 1. The molecule has 0 spiro atoms. The third kappa shape index (κ3) is 4.28.